The summed E-state index contributed by atoms with van der Waals surface area (Å²) in [5.41, 5.74) is 1.58. The first-order chi connectivity index (χ1) is 15.8. The molecule has 8 nitrogen and oxygen atoms in total. The summed E-state index contributed by atoms with van der Waals surface area (Å²) in [4.78, 5) is 55.7. The number of carbonyl (C=O) groups is 4. The van der Waals surface area contributed by atoms with Crippen LogP contribution in [-0.2, 0) is 9.53 Å². The van der Waals surface area contributed by atoms with Crippen molar-refractivity contribution in [3.05, 3.63) is 88.1 Å². The first-order valence-electron chi connectivity index (χ1n) is 9.98. The summed E-state index contributed by atoms with van der Waals surface area (Å²) in [5.74, 6) is -2.13. The van der Waals surface area contributed by atoms with Gasteiger partial charge in [0, 0.05) is 6.20 Å². The number of pyridine rings is 1. The third-order valence-electron chi connectivity index (χ3n) is 5.11. The summed E-state index contributed by atoms with van der Waals surface area (Å²) in [6.07, 6.45) is 0.237. The SMILES string of the molecule is Cc1ccccc1N1C(=O)c2ccc(C(=O)OC(C)C(=O)Nc3ccc(Cl)cn3)cc2C1=O. The Morgan fingerprint density at radius 1 is 1.03 bits per heavy atom. The minimum Gasteiger partial charge on any atom is -0.449 e. The van der Waals surface area contributed by atoms with Gasteiger partial charge in [-0.25, -0.2) is 14.7 Å². The Bertz CT molecular complexity index is 1290. The molecule has 3 amide bonds. The maximum absolute atomic E-state index is 13.0. The molecule has 0 saturated carbocycles. The number of esters is 1. The lowest BCUT2D eigenvalue weighted by atomic mass is 10.1. The average molecular weight is 464 g/mol. The van der Waals surface area contributed by atoms with Crippen molar-refractivity contribution in [1.82, 2.24) is 4.98 Å². The number of nitrogens with zero attached hydrogens (tertiary/aromatic N) is 2. The number of fused-ring (bicyclic) bond motifs is 1. The van der Waals surface area contributed by atoms with E-state index in [1.807, 2.05) is 6.07 Å². The topological polar surface area (TPSA) is 106 Å². The number of amides is 3. The zero-order chi connectivity index (χ0) is 23.7. The molecule has 0 saturated heterocycles. The van der Waals surface area contributed by atoms with E-state index >= 15 is 0 Å². The fourth-order valence-corrected chi connectivity index (χ4v) is 3.47. The van der Waals surface area contributed by atoms with Crippen LogP contribution in [0, 0.1) is 6.92 Å². The fourth-order valence-electron chi connectivity index (χ4n) is 3.36. The van der Waals surface area contributed by atoms with Crippen molar-refractivity contribution in [1.29, 1.82) is 0 Å². The van der Waals surface area contributed by atoms with E-state index in [9.17, 15) is 19.2 Å². The second-order valence-electron chi connectivity index (χ2n) is 7.39. The van der Waals surface area contributed by atoms with Gasteiger partial charge < -0.3 is 10.1 Å². The molecule has 0 aliphatic carbocycles. The van der Waals surface area contributed by atoms with Crippen LogP contribution >= 0.6 is 11.6 Å². The largest absolute Gasteiger partial charge is 0.449 e. The van der Waals surface area contributed by atoms with E-state index < -0.39 is 29.8 Å². The maximum atomic E-state index is 13.0. The molecule has 0 bridgehead atoms. The van der Waals surface area contributed by atoms with Crippen LogP contribution in [0.4, 0.5) is 11.5 Å². The lowest BCUT2D eigenvalue weighted by Crippen LogP contribution is -2.30. The lowest BCUT2D eigenvalue weighted by molar-refractivity contribution is -0.123. The maximum Gasteiger partial charge on any atom is 0.338 e. The standard InChI is InChI=1S/C24H18ClN3O5/c1-13-5-3-4-6-19(13)28-22(30)17-9-7-15(11-18(17)23(28)31)24(32)33-14(2)21(29)27-20-10-8-16(25)12-26-20/h3-12,14H,1-2H3,(H,26,27,29). The summed E-state index contributed by atoms with van der Waals surface area (Å²) < 4.78 is 5.23. The van der Waals surface area contributed by atoms with Gasteiger partial charge >= 0.3 is 5.97 Å². The van der Waals surface area contributed by atoms with E-state index in [0.717, 1.165) is 10.5 Å². The van der Waals surface area contributed by atoms with Gasteiger partial charge in [0.2, 0.25) is 0 Å². The molecule has 2 aromatic carbocycles. The molecule has 0 spiro atoms. The Morgan fingerprint density at radius 2 is 1.76 bits per heavy atom. The number of halogens is 1. The van der Waals surface area contributed by atoms with Crippen LogP contribution in [0.1, 0.15) is 43.6 Å². The van der Waals surface area contributed by atoms with Crippen LogP contribution in [0.3, 0.4) is 0 Å². The minimum absolute atomic E-state index is 0.0470. The number of aryl methyl sites for hydroxylation is 1. The number of hydrogen-bond donors (Lipinski definition) is 1. The number of hydrogen-bond acceptors (Lipinski definition) is 6. The van der Waals surface area contributed by atoms with Gasteiger partial charge in [0.25, 0.3) is 17.7 Å². The molecule has 4 rings (SSSR count). The minimum atomic E-state index is -1.14. The number of nitrogens with one attached hydrogen (secondary N) is 1. The summed E-state index contributed by atoms with van der Waals surface area (Å²) in [6, 6.07) is 14.2. The van der Waals surface area contributed by atoms with Gasteiger partial charge in [-0.3, -0.25) is 14.4 Å². The highest BCUT2D eigenvalue weighted by molar-refractivity contribution is 6.35. The molecule has 0 fully saturated rings. The normalized spacial score (nSPS) is 13.5. The molecule has 1 aliphatic rings. The van der Waals surface area contributed by atoms with Crippen LogP contribution in [0.15, 0.2) is 60.8 Å². The lowest BCUT2D eigenvalue weighted by Gasteiger charge is -2.16. The molecule has 1 aromatic heterocycles. The zero-order valence-electron chi connectivity index (χ0n) is 17.7. The first kappa shape index (κ1) is 22.2. The van der Waals surface area contributed by atoms with E-state index in [1.165, 1.54) is 37.4 Å². The molecule has 0 radical (unpaired) electrons. The van der Waals surface area contributed by atoms with Crippen molar-refractivity contribution in [2.45, 2.75) is 20.0 Å². The zero-order valence-corrected chi connectivity index (χ0v) is 18.4. The van der Waals surface area contributed by atoms with Gasteiger partial charge in [0.1, 0.15) is 5.82 Å². The average Bonchev–Trinajstić information content (AvgIpc) is 3.05. The predicted molar refractivity (Wildman–Crippen MR) is 122 cm³/mol. The quantitative estimate of drug-likeness (QED) is 0.452. The van der Waals surface area contributed by atoms with E-state index in [2.05, 4.69) is 10.3 Å². The highest BCUT2D eigenvalue weighted by Crippen LogP contribution is 2.31. The molecular weight excluding hydrogens is 446 g/mol. The van der Waals surface area contributed by atoms with Crippen molar-refractivity contribution >= 4 is 46.8 Å². The Balaban J connectivity index is 1.49. The third-order valence-corrected chi connectivity index (χ3v) is 5.33. The first-order valence-corrected chi connectivity index (χ1v) is 10.4. The summed E-state index contributed by atoms with van der Waals surface area (Å²) in [5, 5.41) is 2.93. The molecule has 1 N–H and O–H groups in total. The second kappa shape index (κ2) is 8.84. The number of para-hydroxylation sites is 1. The Kier molecular flexibility index (Phi) is 5.93. The number of rotatable bonds is 5. The highest BCUT2D eigenvalue weighted by Gasteiger charge is 2.38. The van der Waals surface area contributed by atoms with Gasteiger partial charge in [-0.15, -0.1) is 0 Å². The number of ether oxygens (including phenoxy) is 1. The number of anilines is 2. The van der Waals surface area contributed by atoms with Crippen molar-refractivity contribution in [2.24, 2.45) is 0 Å². The molecule has 1 aliphatic heterocycles. The van der Waals surface area contributed by atoms with E-state index in [4.69, 9.17) is 16.3 Å². The van der Waals surface area contributed by atoms with Crippen molar-refractivity contribution < 1.29 is 23.9 Å². The highest BCUT2D eigenvalue weighted by atomic mass is 35.5. The molecule has 3 aromatic rings. The Hall–Kier alpha value is -4.04. The van der Waals surface area contributed by atoms with Crippen molar-refractivity contribution in [3.63, 3.8) is 0 Å². The summed E-state index contributed by atoms with van der Waals surface area (Å²) in [6.45, 7) is 3.21. The third kappa shape index (κ3) is 4.33. The monoisotopic (exact) mass is 463 g/mol. The van der Waals surface area contributed by atoms with Crippen LogP contribution in [0.2, 0.25) is 5.02 Å². The van der Waals surface area contributed by atoms with Gasteiger partial charge in [-0.05, 0) is 55.8 Å². The van der Waals surface area contributed by atoms with E-state index in [1.54, 1.807) is 31.2 Å². The van der Waals surface area contributed by atoms with E-state index in [0.29, 0.717) is 10.7 Å². The van der Waals surface area contributed by atoms with Crippen LogP contribution in [-0.4, -0.2) is 34.8 Å². The molecule has 1 unspecified atom stereocenters. The molecule has 1 atom stereocenters. The molecule has 2 heterocycles. The summed E-state index contributed by atoms with van der Waals surface area (Å²) in [7, 11) is 0. The molecule has 33 heavy (non-hydrogen) atoms. The summed E-state index contributed by atoms with van der Waals surface area (Å²) >= 11 is 5.77. The van der Waals surface area contributed by atoms with Gasteiger partial charge in [0.15, 0.2) is 6.10 Å². The van der Waals surface area contributed by atoms with Crippen LogP contribution in [0.25, 0.3) is 0 Å². The second-order valence-corrected chi connectivity index (χ2v) is 7.83. The van der Waals surface area contributed by atoms with Crippen molar-refractivity contribution in [2.75, 3.05) is 10.2 Å². The molecular formula is C24H18ClN3O5. The number of carbonyl (C=O) groups excluding carboxylic acids is 4. The Morgan fingerprint density at radius 3 is 2.45 bits per heavy atom. The molecule has 166 valence electrons. The van der Waals surface area contributed by atoms with Gasteiger partial charge in [-0.1, -0.05) is 29.8 Å². The van der Waals surface area contributed by atoms with E-state index in [-0.39, 0.29) is 22.5 Å². The Labute approximate surface area is 194 Å². The van der Waals surface area contributed by atoms with Gasteiger partial charge in [0.05, 0.1) is 27.4 Å². The van der Waals surface area contributed by atoms with Gasteiger partial charge in [-0.2, -0.15) is 0 Å². The van der Waals surface area contributed by atoms with Crippen LogP contribution in [0.5, 0.6) is 0 Å². The molecule has 9 heteroatoms. The van der Waals surface area contributed by atoms with Crippen LogP contribution < -0.4 is 10.2 Å². The predicted octanol–water partition coefficient (Wildman–Crippen LogP) is 4.03. The van der Waals surface area contributed by atoms with Crippen molar-refractivity contribution in [3.8, 4) is 0 Å². The smallest absolute Gasteiger partial charge is 0.338 e. The number of benzene rings is 2. The fraction of sp³-hybridized carbons (Fsp3) is 0.125. The number of imide groups is 1. The number of aromatic nitrogens is 1.